The predicted octanol–water partition coefficient (Wildman–Crippen LogP) is 3.73. The first-order valence-corrected chi connectivity index (χ1v) is 11.1. The van der Waals surface area contributed by atoms with Crippen LogP contribution < -0.4 is 5.73 Å². The summed E-state index contributed by atoms with van der Waals surface area (Å²) in [6, 6.07) is 4.02. The SMILES string of the molecule is Cc1sc2nc(-c3cccs3)nc(Sc3nnc(CCC(N)=O)n3C)c2c1C. The summed E-state index contributed by atoms with van der Waals surface area (Å²) in [5.74, 6) is 1.10. The predicted molar refractivity (Wildman–Crippen MR) is 113 cm³/mol. The van der Waals surface area contributed by atoms with Gasteiger partial charge in [0.05, 0.1) is 4.88 Å². The van der Waals surface area contributed by atoms with Crippen LogP contribution >= 0.6 is 34.4 Å². The molecule has 144 valence electrons. The molecule has 2 N–H and O–H groups in total. The third kappa shape index (κ3) is 3.54. The normalized spacial score (nSPS) is 11.4. The first-order valence-electron chi connectivity index (χ1n) is 8.60. The number of nitrogens with zero attached hydrogens (tertiary/aromatic N) is 5. The Morgan fingerprint density at radius 1 is 1.29 bits per heavy atom. The van der Waals surface area contributed by atoms with Gasteiger partial charge in [0.1, 0.15) is 15.7 Å². The minimum atomic E-state index is -0.348. The minimum absolute atomic E-state index is 0.250. The van der Waals surface area contributed by atoms with E-state index in [1.807, 2.05) is 29.1 Å². The molecule has 0 aliphatic carbocycles. The lowest BCUT2D eigenvalue weighted by molar-refractivity contribution is -0.118. The highest BCUT2D eigenvalue weighted by molar-refractivity contribution is 7.99. The summed E-state index contributed by atoms with van der Waals surface area (Å²) in [5, 5.41) is 13.2. The molecule has 28 heavy (non-hydrogen) atoms. The van der Waals surface area contributed by atoms with Crippen molar-refractivity contribution in [3.05, 3.63) is 33.8 Å². The van der Waals surface area contributed by atoms with Gasteiger partial charge in [0.15, 0.2) is 11.0 Å². The van der Waals surface area contributed by atoms with Crippen molar-refractivity contribution >= 4 is 50.6 Å². The van der Waals surface area contributed by atoms with Gasteiger partial charge in [-0.3, -0.25) is 4.79 Å². The van der Waals surface area contributed by atoms with Crippen molar-refractivity contribution in [2.75, 3.05) is 0 Å². The maximum atomic E-state index is 11.1. The summed E-state index contributed by atoms with van der Waals surface area (Å²) in [6.07, 6.45) is 0.718. The summed E-state index contributed by atoms with van der Waals surface area (Å²) in [7, 11) is 1.89. The van der Waals surface area contributed by atoms with Crippen molar-refractivity contribution in [2.45, 2.75) is 36.9 Å². The Kier molecular flexibility index (Phi) is 5.17. The third-order valence-electron chi connectivity index (χ3n) is 4.45. The topological polar surface area (TPSA) is 99.6 Å². The van der Waals surface area contributed by atoms with Crippen LogP contribution in [0.15, 0.2) is 27.7 Å². The summed E-state index contributed by atoms with van der Waals surface area (Å²) in [5.41, 5.74) is 6.44. The fourth-order valence-corrected chi connectivity index (χ4v) is 5.51. The van der Waals surface area contributed by atoms with E-state index in [1.54, 1.807) is 22.7 Å². The fraction of sp³-hybridized carbons (Fsp3) is 0.278. The molecule has 0 fully saturated rings. The van der Waals surface area contributed by atoms with E-state index in [0.717, 1.165) is 36.9 Å². The minimum Gasteiger partial charge on any atom is -0.370 e. The van der Waals surface area contributed by atoms with Crippen LogP contribution in [-0.4, -0.2) is 30.6 Å². The van der Waals surface area contributed by atoms with Gasteiger partial charge in [-0.1, -0.05) is 6.07 Å². The second-order valence-electron chi connectivity index (χ2n) is 6.32. The van der Waals surface area contributed by atoms with Gasteiger partial charge >= 0.3 is 0 Å². The van der Waals surface area contributed by atoms with Gasteiger partial charge in [0.2, 0.25) is 5.91 Å². The molecule has 4 heterocycles. The van der Waals surface area contributed by atoms with Crippen molar-refractivity contribution in [2.24, 2.45) is 12.8 Å². The van der Waals surface area contributed by atoms with Gasteiger partial charge in [-0.25, -0.2) is 9.97 Å². The second kappa shape index (κ2) is 7.61. The van der Waals surface area contributed by atoms with Crippen LogP contribution in [0.5, 0.6) is 0 Å². The van der Waals surface area contributed by atoms with Crippen LogP contribution in [0.4, 0.5) is 0 Å². The summed E-state index contributed by atoms with van der Waals surface area (Å²) in [4.78, 5) is 23.9. The number of amides is 1. The van der Waals surface area contributed by atoms with Crippen molar-refractivity contribution < 1.29 is 4.79 Å². The Morgan fingerprint density at radius 3 is 2.82 bits per heavy atom. The molecule has 4 rings (SSSR count). The van der Waals surface area contributed by atoms with E-state index in [9.17, 15) is 4.79 Å². The molecule has 0 saturated carbocycles. The number of hydrogen-bond acceptors (Lipinski definition) is 8. The zero-order valence-electron chi connectivity index (χ0n) is 15.6. The monoisotopic (exact) mass is 430 g/mol. The maximum absolute atomic E-state index is 11.1. The third-order valence-corrected chi connectivity index (χ3v) is 7.44. The van der Waals surface area contributed by atoms with Crippen LogP contribution in [0.25, 0.3) is 20.9 Å². The maximum Gasteiger partial charge on any atom is 0.217 e. The Balaban J connectivity index is 1.77. The van der Waals surface area contributed by atoms with Crippen LogP contribution in [0.2, 0.25) is 0 Å². The molecular weight excluding hydrogens is 412 g/mol. The molecule has 0 radical (unpaired) electrons. The fourth-order valence-electron chi connectivity index (χ4n) is 2.78. The highest BCUT2D eigenvalue weighted by Crippen LogP contribution is 2.39. The highest BCUT2D eigenvalue weighted by atomic mass is 32.2. The van der Waals surface area contributed by atoms with Crippen molar-refractivity contribution in [3.63, 3.8) is 0 Å². The largest absolute Gasteiger partial charge is 0.370 e. The zero-order chi connectivity index (χ0) is 19.8. The van der Waals surface area contributed by atoms with E-state index in [4.69, 9.17) is 15.7 Å². The lowest BCUT2D eigenvalue weighted by Crippen LogP contribution is -2.12. The van der Waals surface area contributed by atoms with Crippen LogP contribution in [-0.2, 0) is 18.3 Å². The summed E-state index contributed by atoms with van der Waals surface area (Å²) >= 11 is 4.77. The zero-order valence-corrected chi connectivity index (χ0v) is 18.0. The lowest BCUT2D eigenvalue weighted by Gasteiger charge is -2.06. The quantitative estimate of drug-likeness (QED) is 0.468. The average Bonchev–Trinajstić information content (AvgIpc) is 3.36. The summed E-state index contributed by atoms with van der Waals surface area (Å²) in [6.45, 7) is 4.20. The second-order valence-corrected chi connectivity index (χ2v) is 9.43. The first kappa shape index (κ1) is 19.0. The standard InChI is InChI=1S/C18H18N6OS3/c1-9-10(2)27-16-14(9)17(21-15(20-16)11-5-4-8-26-11)28-18-23-22-13(24(18)3)7-6-12(19)25/h4-5,8H,6-7H2,1-3H3,(H2,19,25). The van der Waals surface area contributed by atoms with E-state index in [-0.39, 0.29) is 12.3 Å². The van der Waals surface area contributed by atoms with Crippen molar-refractivity contribution in [1.82, 2.24) is 24.7 Å². The van der Waals surface area contributed by atoms with Crippen LogP contribution in [0.3, 0.4) is 0 Å². The Hall–Kier alpha value is -2.30. The van der Waals surface area contributed by atoms with E-state index < -0.39 is 0 Å². The van der Waals surface area contributed by atoms with Gasteiger partial charge in [0, 0.05) is 30.2 Å². The van der Waals surface area contributed by atoms with Gasteiger partial charge < -0.3 is 10.3 Å². The molecule has 7 nitrogen and oxygen atoms in total. The van der Waals surface area contributed by atoms with E-state index >= 15 is 0 Å². The number of aryl methyl sites for hydroxylation is 3. The molecule has 4 aromatic rings. The number of carbonyl (C=O) groups is 1. The van der Waals surface area contributed by atoms with Gasteiger partial charge in [-0.15, -0.1) is 32.9 Å². The molecule has 0 spiro atoms. The first-order chi connectivity index (χ1) is 13.4. The molecule has 10 heteroatoms. The number of nitrogens with two attached hydrogens (primary N) is 1. The van der Waals surface area contributed by atoms with Crippen molar-refractivity contribution in [1.29, 1.82) is 0 Å². The molecule has 0 atom stereocenters. The molecule has 0 aliphatic rings. The number of carbonyl (C=O) groups excluding carboxylic acids is 1. The molecule has 0 saturated heterocycles. The smallest absolute Gasteiger partial charge is 0.217 e. The highest BCUT2D eigenvalue weighted by Gasteiger charge is 2.19. The number of primary amides is 1. The molecule has 4 aromatic heterocycles. The van der Waals surface area contributed by atoms with E-state index in [1.165, 1.54) is 22.2 Å². The van der Waals surface area contributed by atoms with Crippen LogP contribution in [0, 0.1) is 13.8 Å². The lowest BCUT2D eigenvalue weighted by atomic mass is 10.2. The number of rotatable bonds is 6. The average molecular weight is 431 g/mol. The molecule has 0 aliphatic heterocycles. The molecule has 1 amide bonds. The van der Waals surface area contributed by atoms with Gasteiger partial charge in [-0.05, 0) is 42.6 Å². The Labute approximate surface area is 174 Å². The molecule has 0 unspecified atom stereocenters. The van der Waals surface area contributed by atoms with E-state index in [0.29, 0.717) is 6.42 Å². The molecule has 0 aromatic carbocycles. The van der Waals surface area contributed by atoms with E-state index in [2.05, 4.69) is 24.0 Å². The number of aromatic nitrogens is 5. The number of hydrogen-bond donors (Lipinski definition) is 1. The summed E-state index contributed by atoms with van der Waals surface area (Å²) < 4.78 is 1.89. The van der Waals surface area contributed by atoms with Crippen molar-refractivity contribution in [3.8, 4) is 10.7 Å². The van der Waals surface area contributed by atoms with Gasteiger partial charge in [-0.2, -0.15) is 0 Å². The number of fused-ring (bicyclic) bond motifs is 1. The van der Waals surface area contributed by atoms with Gasteiger partial charge in [0.25, 0.3) is 0 Å². The molecule has 0 bridgehead atoms. The molecular formula is C18H18N6OS3. The van der Waals surface area contributed by atoms with Crippen LogP contribution in [0.1, 0.15) is 22.7 Å². The number of thiophene rings is 2. The Bertz CT molecular complexity index is 1160. The Morgan fingerprint density at radius 2 is 2.11 bits per heavy atom.